The van der Waals surface area contributed by atoms with Gasteiger partial charge in [0.1, 0.15) is 6.54 Å². The van der Waals surface area contributed by atoms with E-state index >= 15 is 0 Å². The van der Waals surface area contributed by atoms with E-state index in [1.807, 2.05) is 12.1 Å². The standard InChI is InChI=1S/C25H30N4O3/c1-3-28-24(31)20-12-6-8-14-22(20)29(25(28)32)18-23(30)26(2)17-19-11-5-7-13-21(19)27-15-9-4-10-16-27/h5-8,11-14H,3-4,9-10,15-18H2,1-2H3. The molecule has 4 rings (SSSR count). The maximum atomic E-state index is 13.2. The SMILES string of the molecule is CCn1c(=O)c2ccccc2n(CC(=O)N(C)Cc2ccccc2N2CCCCC2)c1=O. The number of benzene rings is 2. The van der Waals surface area contributed by atoms with Crippen LogP contribution < -0.4 is 16.1 Å². The number of aromatic nitrogens is 2. The van der Waals surface area contributed by atoms with Crippen molar-refractivity contribution in [2.45, 2.75) is 45.8 Å². The Morgan fingerprint density at radius 1 is 0.938 bits per heavy atom. The van der Waals surface area contributed by atoms with Crippen molar-refractivity contribution in [1.29, 1.82) is 0 Å². The van der Waals surface area contributed by atoms with Crippen molar-refractivity contribution in [2.24, 2.45) is 0 Å². The highest BCUT2D eigenvalue weighted by Crippen LogP contribution is 2.25. The van der Waals surface area contributed by atoms with Gasteiger partial charge >= 0.3 is 5.69 Å². The molecule has 1 saturated heterocycles. The number of carbonyl (C=O) groups excluding carboxylic acids is 1. The molecule has 0 atom stereocenters. The minimum Gasteiger partial charge on any atom is -0.371 e. The third-order valence-electron chi connectivity index (χ3n) is 6.26. The molecule has 0 unspecified atom stereocenters. The Kier molecular flexibility index (Phi) is 6.44. The molecular formula is C25H30N4O3. The van der Waals surface area contributed by atoms with E-state index in [1.165, 1.54) is 34.1 Å². The molecule has 3 aromatic rings. The Hall–Kier alpha value is -3.35. The number of carbonyl (C=O) groups is 1. The summed E-state index contributed by atoms with van der Waals surface area (Å²) in [6.07, 6.45) is 3.64. The van der Waals surface area contributed by atoms with Gasteiger partial charge in [0, 0.05) is 38.9 Å². The highest BCUT2D eigenvalue weighted by molar-refractivity contribution is 5.81. The molecule has 0 saturated carbocycles. The number of anilines is 1. The molecule has 1 aliphatic rings. The second kappa shape index (κ2) is 9.42. The lowest BCUT2D eigenvalue weighted by Gasteiger charge is -2.31. The summed E-state index contributed by atoms with van der Waals surface area (Å²) in [5.74, 6) is -0.174. The number of likely N-dealkylation sites (N-methyl/N-ethyl adjacent to an activating group) is 1. The van der Waals surface area contributed by atoms with Gasteiger partial charge < -0.3 is 9.80 Å². The Balaban J connectivity index is 1.60. The Bertz CT molecular complexity index is 1240. The zero-order valence-electron chi connectivity index (χ0n) is 18.8. The lowest BCUT2D eigenvalue weighted by atomic mass is 10.1. The Morgan fingerprint density at radius 3 is 2.38 bits per heavy atom. The molecule has 32 heavy (non-hydrogen) atoms. The number of piperidine rings is 1. The normalized spacial score (nSPS) is 14.0. The van der Waals surface area contributed by atoms with Gasteiger partial charge in [0.2, 0.25) is 5.91 Å². The number of fused-ring (bicyclic) bond motifs is 1. The summed E-state index contributed by atoms with van der Waals surface area (Å²) in [7, 11) is 1.76. The van der Waals surface area contributed by atoms with E-state index in [1.54, 1.807) is 43.1 Å². The third-order valence-corrected chi connectivity index (χ3v) is 6.26. The number of amides is 1. The first-order valence-electron chi connectivity index (χ1n) is 11.3. The van der Waals surface area contributed by atoms with Crippen molar-refractivity contribution in [3.8, 4) is 0 Å². The molecule has 7 heteroatoms. The lowest BCUT2D eigenvalue weighted by Crippen LogP contribution is -2.42. The summed E-state index contributed by atoms with van der Waals surface area (Å²) >= 11 is 0. The van der Waals surface area contributed by atoms with E-state index in [0.29, 0.717) is 17.4 Å². The first kappa shape index (κ1) is 21.9. The summed E-state index contributed by atoms with van der Waals surface area (Å²) in [5, 5.41) is 0.444. The summed E-state index contributed by atoms with van der Waals surface area (Å²) in [6, 6.07) is 15.2. The van der Waals surface area contributed by atoms with Gasteiger partial charge in [0.15, 0.2) is 0 Å². The molecule has 1 aromatic heterocycles. The first-order chi connectivity index (χ1) is 15.5. The fraction of sp³-hybridized carbons (Fsp3) is 0.400. The van der Waals surface area contributed by atoms with Crippen LogP contribution in [-0.2, 0) is 24.4 Å². The number of para-hydroxylation sites is 2. The van der Waals surface area contributed by atoms with Crippen LogP contribution in [0.3, 0.4) is 0 Å². The summed E-state index contributed by atoms with van der Waals surface area (Å²) in [6.45, 7) is 4.44. The predicted octanol–water partition coefficient (Wildman–Crippen LogP) is 2.83. The largest absolute Gasteiger partial charge is 0.371 e. The zero-order valence-corrected chi connectivity index (χ0v) is 18.8. The molecule has 0 N–H and O–H groups in total. The average Bonchev–Trinajstić information content (AvgIpc) is 2.83. The number of nitrogens with zero attached hydrogens (tertiary/aromatic N) is 4. The molecule has 168 valence electrons. The molecule has 2 aromatic carbocycles. The van der Waals surface area contributed by atoms with Gasteiger partial charge in [-0.3, -0.25) is 18.7 Å². The molecule has 1 amide bonds. The number of rotatable bonds is 6. The molecular weight excluding hydrogens is 404 g/mol. The molecule has 7 nitrogen and oxygen atoms in total. The molecule has 0 aliphatic carbocycles. The van der Waals surface area contributed by atoms with Crippen LogP contribution in [0.1, 0.15) is 31.7 Å². The predicted molar refractivity (Wildman–Crippen MR) is 127 cm³/mol. The van der Waals surface area contributed by atoms with Crippen LogP contribution in [-0.4, -0.2) is 40.1 Å². The van der Waals surface area contributed by atoms with E-state index in [4.69, 9.17) is 0 Å². The summed E-state index contributed by atoms with van der Waals surface area (Å²) in [4.78, 5) is 42.8. The number of hydrogen-bond donors (Lipinski definition) is 0. The van der Waals surface area contributed by atoms with Crippen LogP contribution in [0.25, 0.3) is 10.9 Å². The van der Waals surface area contributed by atoms with Gasteiger partial charge in [-0.25, -0.2) is 4.79 Å². The first-order valence-corrected chi connectivity index (χ1v) is 11.3. The minimum absolute atomic E-state index is 0.109. The molecule has 2 heterocycles. The fourth-order valence-corrected chi connectivity index (χ4v) is 4.49. The van der Waals surface area contributed by atoms with E-state index in [9.17, 15) is 14.4 Å². The topological polar surface area (TPSA) is 67.6 Å². The van der Waals surface area contributed by atoms with E-state index in [0.717, 1.165) is 18.7 Å². The monoisotopic (exact) mass is 434 g/mol. The van der Waals surface area contributed by atoms with Crippen molar-refractivity contribution in [2.75, 3.05) is 25.0 Å². The van der Waals surface area contributed by atoms with Gasteiger partial charge in [-0.1, -0.05) is 30.3 Å². The van der Waals surface area contributed by atoms with Gasteiger partial charge in [-0.15, -0.1) is 0 Å². The fourth-order valence-electron chi connectivity index (χ4n) is 4.49. The average molecular weight is 435 g/mol. The van der Waals surface area contributed by atoms with E-state index in [2.05, 4.69) is 17.0 Å². The molecule has 0 bridgehead atoms. The van der Waals surface area contributed by atoms with E-state index in [-0.39, 0.29) is 24.6 Å². The summed E-state index contributed by atoms with van der Waals surface area (Å²) < 4.78 is 2.59. The van der Waals surface area contributed by atoms with Crippen LogP contribution in [0, 0.1) is 0 Å². The van der Waals surface area contributed by atoms with Crippen molar-refractivity contribution < 1.29 is 4.79 Å². The Morgan fingerprint density at radius 2 is 1.62 bits per heavy atom. The van der Waals surface area contributed by atoms with Crippen LogP contribution in [0.2, 0.25) is 0 Å². The number of hydrogen-bond acceptors (Lipinski definition) is 4. The second-order valence-corrected chi connectivity index (χ2v) is 8.36. The minimum atomic E-state index is -0.452. The van der Waals surface area contributed by atoms with Crippen LogP contribution in [0.5, 0.6) is 0 Å². The van der Waals surface area contributed by atoms with Crippen molar-refractivity contribution in [3.05, 3.63) is 74.9 Å². The highest BCUT2D eigenvalue weighted by atomic mass is 16.2. The van der Waals surface area contributed by atoms with Crippen molar-refractivity contribution >= 4 is 22.5 Å². The Labute approximate surface area is 187 Å². The molecule has 0 spiro atoms. The van der Waals surface area contributed by atoms with Crippen molar-refractivity contribution in [3.63, 3.8) is 0 Å². The van der Waals surface area contributed by atoms with Gasteiger partial charge in [0.25, 0.3) is 5.56 Å². The van der Waals surface area contributed by atoms with Crippen molar-refractivity contribution in [1.82, 2.24) is 14.0 Å². The van der Waals surface area contributed by atoms with Crippen LogP contribution in [0.15, 0.2) is 58.1 Å². The lowest BCUT2D eigenvalue weighted by molar-refractivity contribution is -0.131. The maximum absolute atomic E-state index is 13.2. The summed E-state index contributed by atoms with van der Waals surface area (Å²) in [5.41, 5.74) is 1.99. The maximum Gasteiger partial charge on any atom is 0.331 e. The van der Waals surface area contributed by atoms with E-state index < -0.39 is 5.69 Å². The molecule has 1 fully saturated rings. The zero-order chi connectivity index (χ0) is 22.7. The van der Waals surface area contributed by atoms with Gasteiger partial charge in [0.05, 0.1) is 10.9 Å². The second-order valence-electron chi connectivity index (χ2n) is 8.36. The molecule has 1 aliphatic heterocycles. The van der Waals surface area contributed by atoms with Gasteiger partial charge in [-0.2, -0.15) is 0 Å². The molecule has 0 radical (unpaired) electrons. The van der Waals surface area contributed by atoms with Crippen LogP contribution >= 0.6 is 0 Å². The third kappa shape index (κ3) is 4.20. The highest BCUT2D eigenvalue weighted by Gasteiger charge is 2.19. The smallest absolute Gasteiger partial charge is 0.331 e. The van der Waals surface area contributed by atoms with Gasteiger partial charge in [-0.05, 0) is 49.9 Å². The van der Waals surface area contributed by atoms with Crippen LogP contribution in [0.4, 0.5) is 5.69 Å². The quantitative estimate of drug-likeness (QED) is 0.598.